The van der Waals surface area contributed by atoms with Gasteiger partial charge in [0.05, 0.1) is 6.61 Å². The molecule has 0 radical (unpaired) electrons. The molecule has 0 aliphatic carbocycles. The molecule has 0 bridgehead atoms. The molecule has 0 spiro atoms. The maximum absolute atomic E-state index is 10.8. The number of halogens is 1. The fourth-order valence-electron chi connectivity index (χ4n) is 4.77. The van der Waals surface area contributed by atoms with Gasteiger partial charge < -0.3 is 29.2 Å². The Morgan fingerprint density at radius 2 is 1.31 bits per heavy atom. The van der Waals surface area contributed by atoms with Crippen molar-refractivity contribution in [2.24, 2.45) is 0 Å². The van der Waals surface area contributed by atoms with Crippen LogP contribution in [0.15, 0.2) is 84.9 Å². The molecule has 1 heterocycles. The zero-order chi connectivity index (χ0) is 25.9. The van der Waals surface area contributed by atoms with Crippen LogP contribution >= 0.6 is 11.6 Å². The van der Waals surface area contributed by atoms with E-state index in [1.54, 1.807) is 24.3 Å². The molecule has 5 atom stereocenters. The molecule has 8 heteroatoms. The lowest BCUT2D eigenvalue weighted by Gasteiger charge is -2.45. The average molecular weight is 529 g/mol. The van der Waals surface area contributed by atoms with Crippen LogP contribution in [0.25, 0.3) is 0 Å². The van der Waals surface area contributed by atoms with E-state index in [2.05, 4.69) is 45.0 Å². The van der Waals surface area contributed by atoms with Crippen molar-refractivity contribution in [3.63, 3.8) is 0 Å². The third-order valence-corrected chi connectivity index (χ3v) is 11.9. The normalized spacial score (nSPS) is 24.9. The fourth-order valence-corrected chi connectivity index (χ4v) is 9.46. The molecule has 1 saturated heterocycles. The van der Waals surface area contributed by atoms with Gasteiger partial charge in [-0.2, -0.15) is 0 Å². The van der Waals surface area contributed by atoms with Crippen LogP contribution in [-0.2, 0) is 9.16 Å². The molecule has 3 N–H and O–H groups in total. The molecular formula is C28H33ClO6Si. The summed E-state index contributed by atoms with van der Waals surface area (Å²) < 4.78 is 18.6. The molecule has 3 aromatic carbocycles. The Labute approximate surface area is 218 Å². The van der Waals surface area contributed by atoms with Crippen molar-refractivity contribution in [3.8, 4) is 5.75 Å². The van der Waals surface area contributed by atoms with E-state index in [1.165, 1.54) is 0 Å². The monoisotopic (exact) mass is 528 g/mol. The summed E-state index contributed by atoms with van der Waals surface area (Å²) in [6.45, 7) is 6.46. The minimum Gasteiger partial charge on any atom is -0.462 e. The van der Waals surface area contributed by atoms with Gasteiger partial charge in [-0.3, -0.25) is 0 Å². The quantitative estimate of drug-likeness (QED) is 0.408. The molecular weight excluding hydrogens is 496 g/mol. The van der Waals surface area contributed by atoms with E-state index >= 15 is 0 Å². The second-order valence-electron chi connectivity index (χ2n) is 10.1. The Bertz CT molecular complexity index is 1070. The van der Waals surface area contributed by atoms with E-state index in [-0.39, 0.29) is 11.6 Å². The van der Waals surface area contributed by atoms with Crippen LogP contribution in [0.1, 0.15) is 20.8 Å². The van der Waals surface area contributed by atoms with Crippen molar-refractivity contribution in [3.05, 3.63) is 90.0 Å². The Hall–Kier alpha value is -2.23. The number of hydrogen-bond acceptors (Lipinski definition) is 6. The summed E-state index contributed by atoms with van der Waals surface area (Å²) in [5, 5.41) is 34.4. The number of hydrogen-bond donors (Lipinski definition) is 3. The van der Waals surface area contributed by atoms with Gasteiger partial charge in [-0.15, -0.1) is 0 Å². The third-order valence-electron chi connectivity index (χ3n) is 6.62. The summed E-state index contributed by atoms with van der Waals surface area (Å²) in [5.41, 5.74) is 0. The predicted octanol–water partition coefficient (Wildman–Crippen LogP) is 3.10. The van der Waals surface area contributed by atoms with Crippen LogP contribution in [0.2, 0.25) is 10.1 Å². The highest BCUT2D eigenvalue weighted by molar-refractivity contribution is 6.99. The maximum atomic E-state index is 10.8. The van der Waals surface area contributed by atoms with Gasteiger partial charge in [0.2, 0.25) is 6.29 Å². The summed E-state index contributed by atoms with van der Waals surface area (Å²) in [6, 6.07) is 26.8. The summed E-state index contributed by atoms with van der Waals surface area (Å²) in [7, 11) is -2.90. The Morgan fingerprint density at radius 3 is 1.81 bits per heavy atom. The van der Waals surface area contributed by atoms with Crippen molar-refractivity contribution in [2.75, 3.05) is 6.61 Å². The summed E-state index contributed by atoms with van der Waals surface area (Å²) >= 11 is 5.95. The van der Waals surface area contributed by atoms with E-state index in [4.69, 9.17) is 25.5 Å². The smallest absolute Gasteiger partial charge is 0.261 e. The number of rotatable bonds is 7. The first-order valence-electron chi connectivity index (χ1n) is 12.0. The topological polar surface area (TPSA) is 88.4 Å². The van der Waals surface area contributed by atoms with Crippen molar-refractivity contribution < 1.29 is 29.2 Å². The molecule has 1 aliphatic heterocycles. The van der Waals surface area contributed by atoms with Gasteiger partial charge >= 0.3 is 0 Å². The van der Waals surface area contributed by atoms with E-state index in [1.807, 2.05) is 36.4 Å². The van der Waals surface area contributed by atoms with Crippen LogP contribution < -0.4 is 15.1 Å². The molecule has 0 saturated carbocycles. The SMILES string of the molecule is CC(C)(C)[Si](OCC1OC(Oc2ccc(Cl)cc2)C(O)C(O)C1O)(c1ccccc1)c1ccccc1. The van der Waals surface area contributed by atoms with Crippen molar-refractivity contribution in [1.29, 1.82) is 0 Å². The molecule has 1 aliphatic rings. The second kappa shape index (κ2) is 11.0. The molecule has 1 fully saturated rings. The Kier molecular flexibility index (Phi) is 8.21. The highest BCUT2D eigenvalue weighted by Crippen LogP contribution is 2.37. The van der Waals surface area contributed by atoms with E-state index in [0.717, 1.165) is 10.4 Å². The largest absolute Gasteiger partial charge is 0.462 e. The first-order chi connectivity index (χ1) is 17.1. The number of benzene rings is 3. The third kappa shape index (κ3) is 5.38. The molecule has 3 aromatic rings. The first-order valence-corrected chi connectivity index (χ1v) is 14.3. The van der Waals surface area contributed by atoms with Crippen LogP contribution in [-0.4, -0.2) is 60.9 Å². The lowest BCUT2D eigenvalue weighted by atomic mass is 9.99. The van der Waals surface area contributed by atoms with Crippen LogP contribution in [0.3, 0.4) is 0 Å². The minimum absolute atomic E-state index is 0.00128. The van der Waals surface area contributed by atoms with E-state index in [9.17, 15) is 15.3 Å². The maximum Gasteiger partial charge on any atom is 0.261 e. The van der Waals surface area contributed by atoms with Gasteiger partial charge in [-0.05, 0) is 39.7 Å². The highest BCUT2D eigenvalue weighted by atomic mass is 35.5. The highest BCUT2D eigenvalue weighted by Gasteiger charge is 2.52. The number of aliphatic hydroxyl groups is 3. The summed E-state index contributed by atoms with van der Waals surface area (Å²) in [4.78, 5) is 0. The molecule has 6 nitrogen and oxygen atoms in total. The second-order valence-corrected chi connectivity index (χ2v) is 14.8. The average Bonchev–Trinajstić information content (AvgIpc) is 2.87. The van der Waals surface area contributed by atoms with E-state index in [0.29, 0.717) is 10.8 Å². The zero-order valence-electron chi connectivity index (χ0n) is 20.6. The number of ether oxygens (including phenoxy) is 2. The molecule has 192 valence electrons. The van der Waals surface area contributed by atoms with E-state index < -0.39 is 39.0 Å². The lowest BCUT2D eigenvalue weighted by Crippen LogP contribution is -2.68. The van der Waals surface area contributed by atoms with Crippen molar-refractivity contribution in [2.45, 2.75) is 56.5 Å². The molecule has 0 amide bonds. The molecule has 4 rings (SSSR count). The molecule has 0 aromatic heterocycles. The van der Waals surface area contributed by atoms with Crippen molar-refractivity contribution >= 4 is 30.3 Å². The summed E-state index contributed by atoms with van der Waals surface area (Å²) in [6.07, 6.45) is -6.40. The van der Waals surface area contributed by atoms with Crippen molar-refractivity contribution in [1.82, 2.24) is 0 Å². The standard InChI is InChI=1S/C28H33ClO6Si/c1-28(2,3)36(21-10-6-4-7-11-21,22-12-8-5-9-13-22)33-18-23-24(30)25(31)26(32)27(35-23)34-20-16-14-19(29)15-17-20/h4-17,23-27,30-32H,18H2,1-3H3. The number of aliphatic hydroxyl groups excluding tert-OH is 3. The fraction of sp³-hybridized carbons (Fsp3) is 0.357. The minimum atomic E-state index is -2.90. The van der Waals surface area contributed by atoms with Gasteiger partial charge in [0.1, 0.15) is 30.2 Å². The first kappa shape index (κ1) is 26.8. The predicted molar refractivity (Wildman–Crippen MR) is 142 cm³/mol. The molecule has 36 heavy (non-hydrogen) atoms. The Balaban J connectivity index is 1.64. The molecule has 5 unspecified atom stereocenters. The van der Waals surface area contributed by atoms with Gasteiger partial charge in [-0.1, -0.05) is 93.0 Å². The van der Waals surface area contributed by atoms with Gasteiger partial charge in [0.25, 0.3) is 8.32 Å². The van der Waals surface area contributed by atoms with Gasteiger partial charge in [-0.25, -0.2) is 0 Å². The van der Waals surface area contributed by atoms with Crippen LogP contribution in [0.5, 0.6) is 5.75 Å². The van der Waals surface area contributed by atoms with Gasteiger partial charge in [0, 0.05) is 5.02 Å². The van der Waals surface area contributed by atoms with Crippen LogP contribution in [0, 0.1) is 0 Å². The lowest BCUT2D eigenvalue weighted by molar-refractivity contribution is -0.276. The Morgan fingerprint density at radius 1 is 0.778 bits per heavy atom. The zero-order valence-corrected chi connectivity index (χ0v) is 22.4. The van der Waals surface area contributed by atoms with Gasteiger partial charge in [0.15, 0.2) is 0 Å². The van der Waals surface area contributed by atoms with Crippen LogP contribution in [0.4, 0.5) is 0 Å². The summed E-state index contributed by atoms with van der Waals surface area (Å²) in [5.74, 6) is 0.415.